The number of hydrazine groups is 1. The van der Waals surface area contributed by atoms with Crippen LogP contribution in [0.1, 0.15) is 5.56 Å². The highest BCUT2D eigenvalue weighted by Gasteiger charge is 2.08. The third-order valence-corrected chi connectivity index (χ3v) is 5.02. The number of aryl methyl sites for hydroxylation is 1. The summed E-state index contributed by atoms with van der Waals surface area (Å²) in [5, 5.41) is 0.457. The largest absolute Gasteiger partial charge is 0.273 e. The number of fused-ring (bicyclic) bond motifs is 1. The van der Waals surface area contributed by atoms with Gasteiger partial charge in [0, 0.05) is 4.90 Å². The second-order valence-electron chi connectivity index (χ2n) is 4.88. The normalized spacial score (nSPS) is 10.7. The smallest absolute Gasteiger partial charge is 0.248 e. The number of thioether (sulfide) groups is 1. The van der Waals surface area contributed by atoms with Crippen LogP contribution < -0.4 is 10.9 Å². The Bertz CT molecular complexity index is 833. The fourth-order valence-electron chi connectivity index (χ4n) is 1.91. The SMILES string of the molecule is Cc1ccc(SCC(=O)NNc2nc3c(F)cccc3s2)cc1. The molecule has 2 aromatic carbocycles. The van der Waals surface area contributed by atoms with E-state index >= 15 is 0 Å². The van der Waals surface area contributed by atoms with Crippen molar-refractivity contribution in [3.8, 4) is 0 Å². The maximum Gasteiger partial charge on any atom is 0.248 e. The zero-order valence-electron chi connectivity index (χ0n) is 12.3. The lowest BCUT2D eigenvalue weighted by molar-refractivity contribution is -0.118. The van der Waals surface area contributed by atoms with Crippen molar-refractivity contribution in [2.75, 3.05) is 11.2 Å². The lowest BCUT2D eigenvalue weighted by Gasteiger charge is -2.05. The van der Waals surface area contributed by atoms with Gasteiger partial charge in [0.2, 0.25) is 11.0 Å². The lowest BCUT2D eigenvalue weighted by atomic mass is 10.2. The van der Waals surface area contributed by atoms with Crippen molar-refractivity contribution in [1.82, 2.24) is 10.4 Å². The van der Waals surface area contributed by atoms with E-state index in [1.165, 1.54) is 34.7 Å². The first-order valence-corrected chi connectivity index (χ1v) is 8.71. The van der Waals surface area contributed by atoms with Gasteiger partial charge in [0.25, 0.3) is 0 Å². The average Bonchev–Trinajstić information content (AvgIpc) is 2.97. The van der Waals surface area contributed by atoms with Crippen LogP contribution in [0.25, 0.3) is 10.2 Å². The molecule has 0 aliphatic carbocycles. The van der Waals surface area contributed by atoms with Crippen LogP contribution >= 0.6 is 23.1 Å². The number of rotatable bonds is 5. The maximum atomic E-state index is 13.6. The minimum atomic E-state index is -0.368. The number of thiazole rings is 1. The van der Waals surface area contributed by atoms with Gasteiger partial charge in [0.1, 0.15) is 11.3 Å². The van der Waals surface area contributed by atoms with Gasteiger partial charge in [-0.25, -0.2) is 9.37 Å². The fraction of sp³-hybridized carbons (Fsp3) is 0.125. The van der Waals surface area contributed by atoms with Gasteiger partial charge in [0.05, 0.1) is 10.5 Å². The number of nitrogens with zero attached hydrogens (tertiary/aromatic N) is 1. The Morgan fingerprint density at radius 2 is 2.04 bits per heavy atom. The molecule has 0 fully saturated rings. The van der Waals surface area contributed by atoms with Gasteiger partial charge >= 0.3 is 0 Å². The van der Waals surface area contributed by atoms with Gasteiger partial charge in [0.15, 0.2) is 0 Å². The number of nitrogens with one attached hydrogen (secondary N) is 2. The van der Waals surface area contributed by atoms with Crippen LogP contribution in [0.2, 0.25) is 0 Å². The molecule has 118 valence electrons. The number of para-hydroxylation sites is 1. The molecular weight excluding hydrogens is 333 g/mol. The van der Waals surface area contributed by atoms with Gasteiger partial charge < -0.3 is 0 Å². The molecule has 4 nitrogen and oxygen atoms in total. The number of hydrogen-bond donors (Lipinski definition) is 2. The van der Waals surface area contributed by atoms with Crippen molar-refractivity contribution >= 4 is 44.4 Å². The predicted octanol–water partition coefficient (Wildman–Crippen LogP) is 3.98. The van der Waals surface area contributed by atoms with E-state index in [-0.39, 0.29) is 17.5 Å². The summed E-state index contributed by atoms with van der Waals surface area (Å²) in [4.78, 5) is 17.0. The summed E-state index contributed by atoms with van der Waals surface area (Å²) in [6.45, 7) is 2.02. The number of halogens is 1. The monoisotopic (exact) mass is 347 g/mol. The number of benzene rings is 2. The number of anilines is 1. The molecule has 0 radical (unpaired) electrons. The molecule has 23 heavy (non-hydrogen) atoms. The average molecular weight is 347 g/mol. The van der Waals surface area contributed by atoms with Crippen LogP contribution in [-0.4, -0.2) is 16.6 Å². The molecule has 0 atom stereocenters. The molecule has 3 aromatic rings. The van der Waals surface area contributed by atoms with E-state index in [1.807, 2.05) is 31.2 Å². The summed E-state index contributed by atoms with van der Waals surface area (Å²) in [5.41, 5.74) is 6.80. The van der Waals surface area contributed by atoms with Crippen LogP contribution in [0.5, 0.6) is 0 Å². The standard InChI is InChI=1S/C16H14FN3OS2/c1-10-5-7-11(8-6-10)22-9-14(21)19-20-16-18-15-12(17)3-2-4-13(15)23-16/h2-8H,9H2,1H3,(H,18,20)(H,19,21). The van der Waals surface area contributed by atoms with E-state index in [2.05, 4.69) is 15.8 Å². The second kappa shape index (κ2) is 6.97. The molecule has 1 aromatic heterocycles. The Balaban J connectivity index is 1.53. The molecule has 2 N–H and O–H groups in total. The van der Waals surface area contributed by atoms with Gasteiger partial charge in [-0.3, -0.25) is 15.6 Å². The molecule has 0 spiro atoms. The van der Waals surface area contributed by atoms with Crippen LogP contribution in [0.4, 0.5) is 9.52 Å². The summed E-state index contributed by atoms with van der Waals surface area (Å²) in [5.74, 6) is -0.252. The van der Waals surface area contributed by atoms with Crippen LogP contribution in [0.15, 0.2) is 47.4 Å². The van der Waals surface area contributed by atoms with Crippen molar-refractivity contribution in [3.05, 3.63) is 53.8 Å². The van der Waals surface area contributed by atoms with Crippen molar-refractivity contribution in [2.45, 2.75) is 11.8 Å². The molecule has 0 saturated heterocycles. The van der Waals surface area contributed by atoms with E-state index < -0.39 is 0 Å². The number of amides is 1. The van der Waals surface area contributed by atoms with E-state index in [4.69, 9.17) is 0 Å². The Morgan fingerprint density at radius 3 is 2.78 bits per heavy atom. The quantitative estimate of drug-likeness (QED) is 0.541. The van der Waals surface area contributed by atoms with Crippen molar-refractivity contribution in [1.29, 1.82) is 0 Å². The minimum absolute atomic E-state index is 0.171. The van der Waals surface area contributed by atoms with Crippen LogP contribution in [0.3, 0.4) is 0 Å². The highest BCUT2D eigenvalue weighted by Crippen LogP contribution is 2.27. The van der Waals surface area contributed by atoms with Crippen molar-refractivity contribution in [2.24, 2.45) is 0 Å². The number of carbonyl (C=O) groups is 1. The third-order valence-electron chi connectivity index (χ3n) is 3.07. The number of aromatic nitrogens is 1. The minimum Gasteiger partial charge on any atom is -0.273 e. The number of hydrogen-bond acceptors (Lipinski definition) is 5. The Morgan fingerprint density at radius 1 is 1.26 bits per heavy atom. The maximum absolute atomic E-state index is 13.6. The Hall–Kier alpha value is -2.12. The molecule has 0 bridgehead atoms. The van der Waals surface area contributed by atoms with Gasteiger partial charge in [-0.1, -0.05) is 35.1 Å². The van der Waals surface area contributed by atoms with E-state index in [0.717, 1.165) is 9.60 Å². The molecular formula is C16H14FN3OS2. The van der Waals surface area contributed by atoms with Crippen LogP contribution in [0, 0.1) is 12.7 Å². The van der Waals surface area contributed by atoms with Crippen molar-refractivity contribution in [3.63, 3.8) is 0 Å². The zero-order valence-corrected chi connectivity index (χ0v) is 13.9. The molecule has 0 aliphatic heterocycles. The van der Waals surface area contributed by atoms with E-state index in [9.17, 15) is 9.18 Å². The summed E-state index contributed by atoms with van der Waals surface area (Å²) < 4.78 is 14.3. The Kier molecular flexibility index (Phi) is 4.78. The molecule has 1 heterocycles. The molecule has 0 saturated carbocycles. The predicted molar refractivity (Wildman–Crippen MR) is 93.2 cm³/mol. The first kappa shape index (κ1) is 15.8. The second-order valence-corrected chi connectivity index (χ2v) is 6.96. The van der Waals surface area contributed by atoms with E-state index in [1.54, 1.807) is 12.1 Å². The van der Waals surface area contributed by atoms with Gasteiger partial charge in [-0.05, 0) is 31.2 Å². The molecule has 3 rings (SSSR count). The summed E-state index contributed by atoms with van der Waals surface area (Å²) >= 11 is 2.74. The molecule has 1 amide bonds. The summed E-state index contributed by atoms with van der Waals surface area (Å²) in [6.07, 6.45) is 0. The van der Waals surface area contributed by atoms with Crippen LogP contribution in [-0.2, 0) is 4.79 Å². The highest BCUT2D eigenvalue weighted by molar-refractivity contribution is 8.00. The molecule has 0 unspecified atom stereocenters. The summed E-state index contributed by atoms with van der Waals surface area (Å²) in [6, 6.07) is 12.8. The lowest BCUT2D eigenvalue weighted by Crippen LogP contribution is -2.30. The van der Waals surface area contributed by atoms with E-state index in [0.29, 0.717) is 10.6 Å². The molecule has 0 aliphatic rings. The summed E-state index contributed by atoms with van der Waals surface area (Å²) in [7, 11) is 0. The first-order valence-electron chi connectivity index (χ1n) is 6.91. The third kappa shape index (κ3) is 4.00. The number of carbonyl (C=O) groups excluding carboxylic acids is 1. The highest BCUT2D eigenvalue weighted by atomic mass is 32.2. The van der Waals surface area contributed by atoms with Crippen molar-refractivity contribution < 1.29 is 9.18 Å². The fourth-order valence-corrected chi connectivity index (χ4v) is 3.44. The van der Waals surface area contributed by atoms with Gasteiger partial charge in [-0.15, -0.1) is 11.8 Å². The topological polar surface area (TPSA) is 54.0 Å². The zero-order chi connectivity index (χ0) is 16.2. The molecule has 7 heteroatoms. The Labute approximate surface area is 141 Å². The first-order chi connectivity index (χ1) is 11.1. The van der Waals surface area contributed by atoms with Gasteiger partial charge in [-0.2, -0.15) is 0 Å².